The van der Waals surface area contributed by atoms with Crippen LogP contribution in [0.4, 0.5) is 0 Å². The van der Waals surface area contributed by atoms with Crippen molar-refractivity contribution in [2.45, 2.75) is 59.1 Å². The van der Waals surface area contributed by atoms with E-state index in [2.05, 4.69) is 19.2 Å². The van der Waals surface area contributed by atoms with Gasteiger partial charge in [0.1, 0.15) is 6.29 Å². The molecule has 1 fully saturated rings. The zero-order chi connectivity index (χ0) is 18.4. The smallest absolute Gasteiger partial charge is 0.261 e. The number of rotatable bonds is 7. The normalized spacial score (nSPS) is 24.2. The van der Waals surface area contributed by atoms with Crippen molar-refractivity contribution < 1.29 is 19.1 Å². The van der Waals surface area contributed by atoms with Crippen molar-refractivity contribution >= 4 is 12.2 Å². The van der Waals surface area contributed by atoms with Gasteiger partial charge in [0.2, 0.25) is 0 Å². The maximum Gasteiger partial charge on any atom is 0.261 e. The van der Waals surface area contributed by atoms with E-state index in [4.69, 9.17) is 9.47 Å². The van der Waals surface area contributed by atoms with Gasteiger partial charge in [0.25, 0.3) is 5.91 Å². The topological polar surface area (TPSA) is 64.6 Å². The maximum absolute atomic E-state index is 12.5. The molecular formula is C20H29NO4. The number of carbonyl (C=O) groups is 2. The second kappa shape index (κ2) is 8.88. The van der Waals surface area contributed by atoms with Gasteiger partial charge in [-0.3, -0.25) is 9.59 Å². The van der Waals surface area contributed by atoms with Gasteiger partial charge < -0.3 is 14.8 Å². The fraction of sp³-hybridized carbons (Fsp3) is 0.600. The Labute approximate surface area is 150 Å². The Kier molecular flexibility index (Phi) is 6.85. The van der Waals surface area contributed by atoms with E-state index in [0.29, 0.717) is 35.5 Å². The van der Waals surface area contributed by atoms with Gasteiger partial charge in [0.15, 0.2) is 17.6 Å². The molecule has 0 radical (unpaired) electrons. The van der Waals surface area contributed by atoms with Crippen molar-refractivity contribution in [1.29, 1.82) is 0 Å². The Bertz CT molecular complexity index is 601. The van der Waals surface area contributed by atoms with Gasteiger partial charge in [-0.25, -0.2) is 0 Å². The van der Waals surface area contributed by atoms with Gasteiger partial charge in [-0.1, -0.05) is 26.7 Å². The van der Waals surface area contributed by atoms with Gasteiger partial charge in [-0.2, -0.15) is 0 Å². The van der Waals surface area contributed by atoms with Crippen LogP contribution < -0.4 is 14.8 Å². The third kappa shape index (κ3) is 4.97. The van der Waals surface area contributed by atoms with Crippen molar-refractivity contribution in [3.05, 3.63) is 23.8 Å². The molecule has 0 heterocycles. The number of hydrogen-bond acceptors (Lipinski definition) is 4. The van der Waals surface area contributed by atoms with Crippen LogP contribution in [-0.4, -0.2) is 30.9 Å². The zero-order valence-electron chi connectivity index (χ0n) is 15.6. The highest BCUT2D eigenvalue weighted by Crippen LogP contribution is 2.31. The molecule has 5 heteroatoms. The third-order valence-electron chi connectivity index (χ3n) is 5.11. The summed E-state index contributed by atoms with van der Waals surface area (Å²) >= 11 is 0. The summed E-state index contributed by atoms with van der Waals surface area (Å²) in [7, 11) is 0. The Morgan fingerprint density at radius 2 is 2.08 bits per heavy atom. The molecule has 5 nitrogen and oxygen atoms in total. The first-order chi connectivity index (χ1) is 12.0. The van der Waals surface area contributed by atoms with Gasteiger partial charge >= 0.3 is 0 Å². The van der Waals surface area contributed by atoms with Crippen LogP contribution in [-0.2, 0) is 4.79 Å². The predicted molar refractivity (Wildman–Crippen MR) is 97.2 cm³/mol. The summed E-state index contributed by atoms with van der Waals surface area (Å²) in [6.45, 7) is 8.49. The maximum atomic E-state index is 12.5. The molecule has 0 unspecified atom stereocenters. The third-order valence-corrected chi connectivity index (χ3v) is 5.11. The number of amides is 1. The molecule has 1 aromatic rings. The van der Waals surface area contributed by atoms with Crippen LogP contribution in [0.25, 0.3) is 0 Å². The lowest BCUT2D eigenvalue weighted by molar-refractivity contribution is -0.128. The van der Waals surface area contributed by atoms with Crippen molar-refractivity contribution in [3.8, 4) is 11.5 Å². The standard InChI is InChI=1S/C20H29NO4/c1-5-24-19-11-16(12-22)9-10-18(19)25-15(4)20(23)21-17-8-6-7-13(2)14(17)3/h9-15,17H,5-8H2,1-4H3,(H,21,23)/t13-,14-,15+,17+/m0/s1. The Morgan fingerprint density at radius 1 is 1.32 bits per heavy atom. The van der Waals surface area contributed by atoms with Gasteiger partial charge in [-0.05, 0) is 50.3 Å². The minimum absolute atomic E-state index is 0.118. The van der Waals surface area contributed by atoms with E-state index in [9.17, 15) is 9.59 Å². The molecule has 1 amide bonds. The largest absolute Gasteiger partial charge is 0.490 e. The molecule has 1 aliphatic rings. The summed E-state index contributed by atoms with van der Waals surface area (Å²) in [6.07, 6.45) is 3.51. The van der Waals surface area contributed by atoms with Crippen molar-refractivity contribution in [2.24, 2.45) is 11.8 Å². The molecule has 1 saturated carbocycles. The van der Waals surface area contributed by atoms with Crippen molar-refractivity contribution in [3.63, 3.8) is 0 Å². The van der Waals surface area contributed by atoms with E-state index in [1.807, 2.05) is 6.92 Å². The first kappa shape index (κ1) is 19.3. The average molecular weight is 347 g/mol. The number of ether oxygens (including phenoxy) is 2. The van der Waals surface area contributed by atoms with Crippen LogP contribution in [0.15, 0.2) is 18.2 Å². The molecule has 0 spiro atoms. The molecule has 0 aliphatic heterocycles. The lowest BCUT2D eigenvalue weighted by Crippen LogP contribution is -2.48. The molecule has 138 valence electrons. The molecule has 1 aliphatic carbocycles. The number of benzene rings is 1. The molecule has 4 atom stereocenters. The van der Waals surface area contributed by atoms with Gasteiger partial charge in [0.05, 0.1) is 6.61 Å². The van der Waals surface area contributed by atoms with E-state index >= 15 is 0 Å². The van der Waals surface area contributed by atoms with Crippen molar-refractivity contribution in [2.75, 3.05) is 6.61 Å². The first-order valence-electron chi connectivity index (χ1n) is 9.15. The Balaban J connectivity index is 2.02. The highest BCUT2D eigenvalue weighted by atomic mass is 16.5. The Hall–Kier alpha value is -2.04. The molecule has 1 N–H and O–H groups in total. The minimum atomic E-state index is -0.634. The summed E-state index contributed by atoms with van der Waals surface area (Å²) in [5.41, 5.74) is 0.512. The fourth-order valence-electron chi connectivity index (χ4n) is 3.29. The van der Waals surface area contributed by atoms with E-state index in [-0.39, 0.29) is 11.9 Å². The van der Waals surface area contributed by atoms with Crippen LogP contribution in [0.2, 0.25) is 0 Å². The van der Waals surface area contributed by atoms with Crippen LogP contribution in [0.3, 0.4) is 0 Å². The monoisotopic (exact) mass is 347 g/mol. The summed E-state index contributed by atoms with van der Waals surface area (Å²) in [6, 6.07) is 5.15. The summed E-state index contributed by atoms with van der Waals surface area (Å²) < 4.78 is 11.3. The van der Waals surface area contributed by atoms with Crippen LogP contribution in [0, 0.1) is 11.8 Å². The molecule has 1 aromatic carbocycles. The summed E-state index contributed by atoms with van der Waals surface area (Å²) in [4.78, 5) is 23.4. The molecular weight excluding hydrogens is 318 g/mol. The van der Waals surface area contributed by atoms with Gasteiger partial charge in [-0.15, -0.1) is 0 Å². The van der Waals surface area contributed by atoms with E-state index in [1.54, 1.807) is 25.1 Å². The van der Waals surface area contributed by atoms with Crippen LogP contribution >= 0.6 is 0 Å². The van der Waals surface area contributed by atoms with Crippen LogP contribution in [0.5, 0.6) is 11.5 Å². The Morgan fingerprint density at radius 3 is 2.76 bits per heavy atom. The lowest BCUT2D eigenvalue weighted by atomic mass is 9.78. The minimum Gasteiger partial charge on any atom is -0.490 e. The first-order valence-corrected chi connectivity index (χ1v) is 9.15. The number of hydrogen-bond donors (Lipinski definition) is 1. The van der Waals surface area contributed by atoms with E-state index < -0.39 is 6.10 Å². The fourth-order valence-corrected chi connectivity index (χ4v) is 3.29. The second-order valence-electron chi connectivity index (χ2n) is 6.90. The number of nitrogens with one attached hydrogen (secondary N) is 1. The number of carbonyl (C=O) groups excluding carboxylic acids is 2. The zero-order valence-corrected chi connectivity index (χ0v) is 15.6. The number of aldehydes is 1. The van der Waals surface area contributed by atoms with E-state index in [1.165, 1.54) is 6.42 Å². The van der Waals surface area contributed by atoms with Crippen molar-refractivity contribution in [1.82, 2.24) is 5.32 Å². The second-order valence-corrected chi connectivity index (χ2v) is 6.90. The van der Waals surface area contributed by atoms with Gasteiger partial charge in [0, 0.05) is 11.6 Å². The van der Waals surface area contributed by atoms with Crippen LogP contribution in [0.1, 0.15) is 57.3 Å². The molecule has 0 saturated heterocycles. The lowest BCUT2D eigenvalue weighted by Gasteiger charge is -2.35. The highest BCUT2D eigenvalue weighted by Gasteiger charge is 2.29. The summed E-state index contributed by atoms with van der Waals surface area (Å²) in [5, 5.41) is 3.13. The molecule has 0 bridgehead atoms. The average Bonchev–Trinajstić information content (AvgIpc) is 2.60. The molecule has 25 heavy (non-hydrogen) atoms. The SMILES string of the molecule is CCOc1cc(C=O)ccc1O[C@H](C)C(=O)N[C@@H]1CCC[C@H](C)[C@@H]1C. The highest BCUT2D eigenvalue weighted by molar-refractivity contribution is 5.81. The molecule has 2 rings (SSSR count). The molecule has 0 aromatic heterocycles. The predicted octanol–water partition coefficient (Wildman–Crippen LogP) is 3.61. The van der Waals surface area contributed by atoms with E-state index in [0.717, 1.165) is 19.1 Å². The quantitative estimate of drug-likeness (QED) is 0.765. The summed E-state index contributed by atoms with van der Waals surface area (Å²) in [5.74, 6) is 1.92.